The van der Waals surface area contributed by atoms with Crippen LogP contribution in [0.25, 0.3) is 0 Å². The van der Waals surface area contributed by atoms with Crippen LogP contribution >= 0.6 is 0 Å². The summed E-state index contributed by atoms with van der Waals surface area (Å²) in [5.74, 6) is 1.38. The van der Waals surface area contributed by atoms with Gasteiger partial charge in [0.1, 0.15) is 5.75 Å². The summed E-state index contributed by atoms with van der Waals surface area (Å²) in [6.07, 6.45) is 2.68. The van der Waals surface area contributed by atoms with Crippen molar-refractivity contribution in [3.8, 4) is 5.75 Å². The largest absolute Gasteiger partial charge is 0.497 e. The SMILES string of the molecule is COc1ccc(CN2CCC(CNC(=O)CCC(=O)c3ccccc3)CC2)cc1. The highest BCUT2D eigenvalue weighted by Crippen LogP contribution is 2.19. The summed E-state index contributed by atoms with van der Waals surface area (Å²) in [6, 6.07) is 17.4. The van der Waals surface area contributed by atoms with E-state index in [1.165, 1.54) is 5.56 Å². The number of hydrogen-bond acceptors (Lipinski definition) is 4. The molecule has 5 nitrogen and oxygen atoms in total. The van der Waals surface area contributed by atoms with Gasteiger partial charge < -0.3 is 10.1 Å². The summed E-state index contributed by atoms with van der Waals surface area (Å²) >= 11 is 0. The van der Waals surface area contributed by atoms with Crippen molar-refractivity contribution in [2.45, 2.75) is 32.2 Å². The molecular weight excluding hydrogens is 364 g/mol. The van der Waals surface area contributed by atoms with E-state index in [0.717, 1.165) is 38.2 Å². The molecule has 1 fully saturated rings. The van der Waals surface area contributed by atoms with Gasteiger partial charge in [-0.3, -0.25) is 14.5 Å². The Balaban J connectivity index is 1.32. The Hall–Kier alpha value is -2.66. The maximum absolute atomic E-state index is 12.1. The van der Waals surface area contributed by atoms with E-state index < -0.39 is 0 Å². The van der Waals surface area contributed by atoms with E-state index in [4.69, 9.17) is 4.74 Å². The highest BCUT2D eigenvalue weighted by molar-refractivity contribution is 5.97. The lowest BCUT2D eigenvalue weighted by Gasteiger charge is -2.32. The molecule has 0 radical (unpaired) electrons. The van der Waals surface area contributed by atoms with Crippen LogP contribution < -0.4 is 10.1 Å². The summed E-state index contributed by atoms with van der Waals surface area (Å²) in [7, 11) is 1.68. The molecule has 2 aromatic carbocycles. The molecule has 1 N–H and O–H groups in total. The van der Waals surface area contributed by atoms with Gasteiger partial charge in [0.25, 0.3) is 0 Å². The minimum Gasteiger partial charge on any atom is -0.497 e. The van der Waals surface area contributed by atoms with Crippen LogP contribution in [-0.4, -0.2) is 43.3 Å². The molecule has 1 amide bonds. The van der Waals surface area contributed by atoms with Crippen molar-refractivity contribution in [2.24, 2.45) is 5.92 Å². The summed E-state index contributed by atoms with van der Waals surface area (Å²) < 4.78 is 5.21. The Morgan fingerprint density at radius 3 is 2.34 bits per heavy atom. The van der Waals surface area contributed by atoms with Crippen LogP contribution in [0.4, 0.5) is 0 Å². The van der Waals surface area contributed by atoms with E-state index in [2.05, 4.69) is 22.3 Å². The van der Waals surface area contributed by atoms with Gasteiger partial charge in [-0.25, -0.2) is 0 Å². The number of likely N-dealkylation sites (tertiary alicyclic amines) is 1. The number of carbonyl (C=O) groups is 2. The van der Waals surface area contributed by atoms with Gasteiger partial charge in [0.2, 0.25) is 5.91 Å². The second-order valence-corrected chi connectivity index (χ2v) is 7.66. The smallest absolute Gasteiger partial charge is 0.220 e. The normalized spacial score (nSPS) is 15.1. The molecule has 3 rings (SSSR count). The van der Waals surface area contributed by atoms with E-state index in [1.807, 2.05) is 30.3 Å². The average Bonchev–Trinajstić information content (AvgIpc) is 2.78. The fourth-order valence-corrected chi connectivity index (χ4v) is 3.68. The highest BCUT2D eigenvalue weighted by atomic mass is 16.5. The van der Waals surface area contributed by atoms with Gasteiger partial charge in [-0.1, -0.05) is 42.5 Å². The first kappa shape index (κ1) is 21.1. The topological polar surface area (TPSA) is 58.6 Å². The number of hydrogen-bond donors (Lipinski definition) is 1. The molecule has 154 valence electrons. The lowest BCUT2D eigenvalue weighted by Crippen LogP contribution is -2.38. The average molecular weight is 395 g/mol. The van der Waals surface area contributed by atoms with Crippen molar-refractivity contribution in [1.82, 2.24) is 10.2 Å². The zero-order chi connectivity index (χ0) is 20.5. The van der Waals surface area contributed by atoms with E-state index in [9.17, 15) is 9.59 Å². The molecule has 0 spiro atoms. The van der Waals surface area contributed by atoms with Gasteiger partial charge in [0.05, 0.1) is 7.11 Å². The van der Waals surface area contributed by atoms with Crippen LogP contribution in [-0.2, 0) is 11.3 Å². The standard InChI is InChI=1S/C24H30N2O3/c1-29-22-9-7-20(8-10-22)18-26-15-13-19(14-16-26)17-25-24(28)12-11-23(27)21-5-3-2-4-6-21/h2-10,19H,11-18H2,1H3,(H,25,28). The number of ether oxygens (including phenoxy) is 1. The maximum atomic E-state index is 12.1. The predicted octanol–water partition coefficient (Wildman–Crippen LogP) is 3.69. The van der Waals surface area contributed by atoms with Gasteiger partial charge in [0.15, 0.2) is 5.78 Å². The van der Waals surface area contributed by atoms with Crippen LogP contribution in [0.3, 0.4) is 0 Å². The van der Waals surface area contributed by atoms with Gasteiger partial charge in [-0.2, -0.15) is 0 Å². The zero-order valence-electron chi connectivity index (χ0n) is 17.1. The third-order valence-electron chi connectivity index (χ3n) is 5.54. The molecule has 1 aliphatic heterocycles. The molecule has 5 heteroatoms. The van der Waals surface area contributed by atoms with Gasteiger partial charge in [-0.05, 0) is 49.5 Å². The lowest BCUT2D eigenvalue weighted by atomic mass is 9.96. The second kappa shape index (κ2) is 10.8. The van der Waals surface area contributed by atoms with Gasteiger partial charge in [0, 0.05) is 31.5 Å². The molecule has 0 atom stereocenters. The molecule has 0 aromatic heterocycles. The Bertz CT molecular complexity index is 782. The Morgan fingerprint density at radius 1 is 1.00 bits per heavy atom. The number of carbonyl (C=O) groups excluding carboxylic acids is 2. The minimum absolute atomic E-state index is 0.0209. The Labute approximate surface area is 173 Å². The van der Waals surface area contributed by atoms with Crippen molar-refractivity contribution >= 4 is 11.7 Å². The summed E-state index contributed by atoms with van der Waals surface area (Å²) in [5.41, 5.74) is 1.96. The quantitative estimate of drug-likeness (QED) is 0.659. The number of piperidine rings is 1. The van der Waals surface area contributed by atoms with Crippen LogP contribution in [0.5, 0.6) is 5.75 Å². The molecule has 2 aromatic rings. The first-order valence-electron chi connectivity index (χ1n) is 10.3. The number of nitrogens with zero attached hydrogens (tertiary/aromatic N) is 1. The second-order valence-electron chi connectivity index (χ2n) is 7.66. The number of ketones is 1. The molecular formula is C24H30N2O3. The van der Waals surface area contributed by atoms with Crippen LogP contribution in [0, 0.1) is 5.92 Å². The number of amides is 1. The molecule has 0 aliphatic carbocycles. The first-order chi connectivity index (χ1) is 14.1. The molecule has 1 heterocycles. The summed E-state index contributed by atoms with van der Waals surface area (Å²) in [6.45, 7) is 3.73. The molecule has 0 bridgehead atoms. The number of methoxy groups -OCH3 is 1. The van der Waals surface area contributed by atoms with Crippen molar-refractivity contribution in [3.63, 3.8) is 0 Å². The first-order valence-corrected chi connectivity index (χ1v) is 10.3. The lowest BCUT2D eigenvalue weighted by molar-refractivity contribution is -0.121. The highest BCUT2D eigenvalue weighted by Gasteiger charge is 2.20. The Kier molecular flexibility index (Phi) is 7.82. The van der Waals surface area contributed by atoms with Gasteiger partial charge in [-0.15, -0.1) is 0 Å². The fraction of sp³-hybridized carbons (Fsp3) is 0.417. The summed E-state index contributed by atoms with van der Waals surface area (Å²) in [5, 5.41) is 3.01. The van der Waals surface area contributed by atoms with E-state index in [0.29, 0.717) is 18.0 Å². The summed E-state index contributed by atoms with van der Waals surface area (Å²) in [4.78, 5) is 26.6. The molecule has 1 aliphatic rings. The fourth-order valence-electron chi connectivity index (χ4n) is 3.68. The van der Waals surface area contributed by atoms with Crippen molar-refractivity contribution < 1.29 is 14.3 Å². The number of nitrogens with one attached hydrogen (secondary N) is 1. The predicted molar refractivity (Wildman–Crippen MR) is 114 cm³/mol. The third-order valence-corrected chi connectivity index (χ3v) is 5.54. The number of rotatable bonds is 9. The van der Waals surface area contributed by atoms with Crippen molar-refractivity contribution in [2.75, 3.05) is 26.7 Å². The molecule has 1 saturated heterocycles. The van der Waals surface area contributed by atoms with Crippen molar-refractivity contribution in [3.05, 3.63) is 65.7 Å². The molecule has 0 unspecified atom stereocenters. The maximum Gasteiger partial charge on any atom is 0.220 e. The number of benzene rings is 2. The van der Waals surface area contributed by atoms with Crippen LogP contribution in [0.1, 0.15) is 41.6 Å². The monoisotopic (exact) mass is 394 g/mol. The van der Waals surface area contributed by atoms with Crippen LogP contribution in [0.2, 0.25) is 0 Å². The molecule has 0 saturated carbocycles. The minimum atomic E-state index is -0.0325. The van der Waals surface area contributed by atoms with E-state index in [1.54, 1.807) is 19.2 Å². The molecule has 29 heavy (non-hydrogen) atoms. The third kappa shape index (κ3) is 6.71. The van der Waals surface area contributed by atoms with E-state index >= 15 is 0 Å². The number of Topliss-reactive ketones (excluding diaryl/α,β-unsaturated/α-hetero) is 1. The van der Waals surface area contributed by atoms with Crippen LogP contribution in [0.15, 0.2) is 54.6 Å². The zero-order valence-corrected chi connectivity index (χ0v) is 17.1. The van der Waals surface area contributed by atoms with Gasteiger partial charge >= 0.3 is 0 Å². The van der Waals surface area contributed by atoms with E-state index in [-0.39, 0.29) is 24.5 Å². The Morgan fingerprint density at radius 2 is 1.69 bits per heavy atom. The van der Waals surface area contributed by atoms with Crippen molar-refractivity contribution in [1.29, 1.82) is 0 Å².